The number of nitrogens with zero attached hydrogens (tertiary/aromatic N) is 1. The molecule has 5 nitrogen and oxygen atoms in total. The topological polar surface area (TPSA) is 60.5 Å². The molecule has 1 aromatic heterocycles. The zero-order valence-electron chi connectivity index (χ0n) is 13.9. The van der Waals surface area contributed by atoms with Crippen LogP contribution >= 0.6 is 11.6 Å². The van der Waals surface area contributed by atoms with Crippen LogP contribution in [0.25, 0.3) is 0 Å². The SMILES string of the molecule is O=C(NCCc1ccccc1)c1cnc(OC2CCOCC2)c(Cl)c1. The first-order chi connectivity index (χ1) is 12.2. The van der Waals surface area contributed by atoms with E-state index >= 15 is 0 Å². The minimum Gasteiger partial charge on any atom is -0.473 e. The Balaban J connectivity index is 1.53. The lowest BCUT2D eigenvalue weighted by Crippen LogP contribution is -2.27. The van der Waals surface area contributed by atoms with Crippen molar-refractivity contribution in [1.29, 1.82) is 0 Å². The van der Waals surface area contributed by atoms with Crippen LogP contribution in [0, 0.1) is 0 Å². The molecule has 2 heterocycles. The molecule has 2 aromatic rings. The second kappa shape index (κ2) is 8.83. The Bertz CT molecular complexity index is 703. The third-order valence-corrected chi connectivity index (χ3v) is 4.33. The first kappa shape index (κ1) is 17.7. The molecule has 1 fully saturated rings. The third kappa shape index (κ3) is 5.18. The molecule has 0 radical (unpaired) electrons. The molecule has 1 aliphatic rings. The molecule has 1 aliphatic heterocycles. The highest BCUT2D eigenvalue weighted by molar-refractivity contribution is 6.32. The predicted molar refractivity (Wildman–Crippen MR) is 96.2 cm³/mol. The second-order valence-corrected chi connectivity index (χ2v) is 6.34. The number of hydrogen-bond donors (Lipinski definition) is 1. The minimum absolute atomic E-state index is 0.0595. The van der Waals surface area contributed by atoms with Gasteiger partial charge in [-0.3, -0.25) is 4.79 Å². The van der Waals surface area contributed by atoms with Crippen molar-refractivity contribution in [3.8, 4) is 5.88 Å². The number of carbonyl (C=O) groups is 1. The lowest BCUT2D eigenvalue weighted by Gasteiger charge is -2.23. The van der Waals surface area contributed by atoms with Crippen LogP contribution in [0.15, 0.2) is 42.6 Å². The van der Waals surface area contributed by atoms with Crippen molar-refractivity contribution in [2.24, 2.45) is 0 Å². The molecule has 1 saturated heterocycles. The van der Waals surface area contributed by atoms with E-state index in [0.29, 0.717) is 36.2 Å². The fourth-order valence-corrected chi connectivity index (χ4v) is 2.87. The zero-order valence-corrected chi connectivity index (χ0v) is 14.7. The highest BCUT2D eigenvalue weighted by Gasteiger charge is 2.18. The predicted octanol–water partition coefficient (Wildman–Crippen LogP) is 3.27. The lowest BCUT2D eigenvalue weighted by molar-refractivity contribution is 0.0238. The summed E-state index contributed by atoms with van der Waals surface area (Å²) in [6.07, 6.45) is 3.97. The van der Waals surface area contributed by atoms with E-state index in [-0.39, 0.29) is 12.0 Å². The largest absolute Gasteiger partial charge is 0.473 e. The van der Waals surface area contributed by atoms with Crippen LogP contribution in [0.1, 0.15) is 28.8 Å². The van der Waals surface area contributed by atoms with Crippen LogP contribution in [0.2, 0.25) is 5.02 Å². The molecule has 0 spiro atoms. The first-order valence-electron chi connectivity index (χ1n) is 8.44. The lowest BCUT2D eigenvalue weighted by atomic mass is 10.1. The molecule has 0 bridgehead atoms. The molecule has 25 heavy (non-hydrogen) atoms. The average Bonchev–Trinajstić information content (AvgIpc) is 2.65. The van der Waals surface area contributed by atoms with E-state index in [4.69, 9.17) is 21.1 Å². The number of halogens is 1. The monoisotopic (exact) mass is 360 g/mol. The molecule has 3 rings (SSSR count). The van der Waals surface area contributed by atoms with Gasteiger partial charge in [-0.1, -0.05) is 41.9 Å². The molecule has 6 heteroatoms. The number of pyridine rings is 1. The highest BCUT2D eigenvalue weighted by atomic mass is 35.5. The summed E-state index contributed by atoms with van der Waals surface area (Å²) < 4.78 is 11.1. The van der Waals surface area contributed by atoms with Crippen LogP contribution in [0.3, 0.4) is 0 Å². The molecule has 1 N–H and O–H groups in total. The van der Waals surface area contributed by atoms with E-state index in [1.54, 1.807) is 6.07 Å². The summed E-state index contributed by atoms with van der Waals surface area (Å²) in [6.45, 7) is 1.93. The van der Waals surface area contributed by atoms with E-state index in [2.05, 4.69) is 10.3 Å². The number of amides is 1. The van der Waals surface area contributed by atoms with Crippen LogP contribution in [-0.4, -0.2) is 36.8 Å². The Hall–Kier alpha value is -2.11. The fraction of sp³-hybridized carbons (Fsp3) is 0.368. The number of ether oxygens (including phenoxy) is 2. The maximum Gasteiger partial charge on any atom is 0.252 e. The summed E-state index contributed by atoms with van der Waals surface area (Å²) in [5.41, 5.74) is 1.61. The Kier molecular flexibility index (Phi) is 6.25. The third-order valence-electron chi connectivity index (χ3n) is 4.06. The first-order valence-corrected chi connectivity index (χ1v) is 8.82. The van der Waals surface area contributed by atoms with Gasteiger partial charge in [-0.15, -0.1) is 0 Å². The number of benzene rings is 1. The standard InChI is InChI=1S/C19H21ClN2O3/c20-17-12-15(13-22-19(17)25-16-7-10-24-11-8-16)18(23)21-9-6-14-4-2-1-3-5-14/h1-5,12-13,16H,6-11H2,(H,21,23). The van der Waals surface area contributed by atoms with Crippen LogP contribution in [0.4, 0.5) is 0 Å². The summed E-state index contributed by atoms with van der Waals surface area (Å²) in [4.78, 5) is 16.4. The van der Waals surface area contributed by atoms with E-state index in [1.165, 1.54) is 11.8 Å². The molecule has 0 atom stereocenters. The molecular formula is C19H21ClN2O3. The number of hydrogen-bond acceptors (Lipinski definition) is 4. The maximum absolute atomic E-state index is 12.2. The van der Waals surface area contributed by atoms with Crippen molar-refractivity contribution in [3.63, 3.8) is 0 Å². The minimum atomic E-state index is -0.192. The van der Waals surface area contributed by atoms with Gasteiger partial charge in [-0.25, -0.2) is 4.98 Å². The molecule has 1 aromatic carbocycles. The maximum atomic E-state index is 12.2. The summed E-state index contributed by atoms with van der Waals surface area (Å²) in [7, 11) is 0. The van der Waals surface area contributed by atoms with Gasteiger partial charge in [-0.2, -0.15) is 0 Å². The molecule has 132 valence electrons. The van der Waals surface area contributed by atoms with E-state index in [0.717, 1.165) is 19.3 Å². The van der Waals surface area contributed by atoms with Gasteiger partial charge in [0.2, 0.25) is 5.88 Å². The normalized spacial score (nSPS) is 14.9. The van der Waals surface area contributed by atoms with Crippen molar-refractivity contribution in [2.75, 3.05) is 19.8 Å². The Morgan fingerprint density at radius 1 is 1.28 bits per heavy atom. The Morgan fingerprint density at radius 2 is 2.04 bits per heavy atom. The fourth-order valence-electron chi connectivity index (χ4n) is 2.66. The molecule has 0 aliphatic carbocycles. The van der Waals surface area contributed by atoms with E-state index in [1.807, 2.05) is 30.3 Å². The van der Waals surface area contributed by atoms with Gasteiger partial charge in [0.1, 0.15) is 11.1 Å². The summed E-state index contributed by atoms with van der Waals surface area (Å²) in [5, 5.41) is 3.23. The molecule has 0 saturated carbocycles. The van der Waals surface area contributed by atoms with Gasteiger partial charge in [0.05, 0.1) is 18.8 Å². The summed E-state index contributed by atoms with van der Waals surface area (Å²) >= 11 is 6.22. The Labute approximate surface area is 152 Å². The number of rotatable bonds is 6. The zero-order chi connectivity index (χ0) is 17.5. The van der Waals surface area contributed by atoms with Crippen LogP contribution < -0.4 is 10.1 Å². The van der Waals surface area contributed by atoms with Gasteiger partial charge in [0.25, 0.3) is 5.91 Å². The molecular weight excluding hydrogens is 340 g/mol. The van der Waals surface area contributed by atoms with Gasteiger partial charge >= 0.3 is 0 Å². The number of carbonyl (C=O) groups excluding carboxylic acids is 1. The van der Waals surface area contributed by atoms with Gasteiger partial charge < -0.3 is 14.8 Å². The number of nitrogens with one attached hydrogen (secondary N) is 1. The quantitative estimate of drug-likeness (QED) is 0.858. The highest BCUT2D eigenvalue weighted by Crippen LogP contribution is 2.25. The van der Waals surface area contributed by atoms with Gasteiger partial charge in [-0.05, 0) is 18.1 Å². The smallest absolute Gasteiger partial charge is 0.252 e. The van der Waals surface area contributed by atoms with Crippen molar-refractivity contribution < 1.29 is 14.3 Å². The van der Waals surface area contributed by atoms with Crippen molar-refractivity contribution in [3.05, 3.63) is 58.7 Å². The van der Waals surface area contributed by atoms with E-state index < -0.39 is 0 Å². The Morgan fingerprint density at radius 3 is 2.76 bits per heavy atom. The van der Waals surface area contributed by atoms with Crippen LogP contribution in [-0.2, 0) is 11.2 Å². The summed E-state index contributed by atoms with van der Waals surface area (Å²) in [6, 6.07) is 11.6. The second-order valence-electron chi connectivity index (χ2n) is 5.93. The van der Waals surface area contributed by atoms with Crippen LogP contribution in [0.5, 0.6) is 5.88 Å². The van der Waals surface area contributed by atoms with E-state index in [9.17, 15) is 4.79 Å². The van der Waals surface area contributed by atoms with Gasteiger partial charge in [0.15, 0.2) is 0 Å². The van der Waals surface area contributed by atoms with Crippen molar-refractivity contribution in [1.82, 2.24) is 10.3 Å². The number of aromatic nitrogens is 1. The van der Waals surface area contributed by atoms with Gasteiger partial charge in [0, 0.05) is 25.6 Å². The molecule has 1 amide bonds. The van der Waals surface area contributed by atoms with Crippen molar-refractivity contribution in [2.45, 2.75) is 25.4 Å². The summed E-state index contributed by atoms with van der Waals surface area (Å²) in [5.74, 6) is 0.178. The van der Waals surface area contributed by atoms with Crippen molar-refractivity contribution >= 4 is 17.5 Å². The average molecular weight is 361 g/mol. The molecule has 0 unspecified atom stereocenters.